The van der Waals surface area contributed by atoms with E-state index in [4.69, 9.17) is 4.42 Å². The van der Waals surface area contributed by atoms with Gasteiger partial charge in [-0.2, -0.15) is 0 Å². The van der Waals surface area contributed by atoms with Crippen molar-refractivity contribution in [3.8, 4) is 0 Å². The maximum atomic E-state index is 12.1. The Morgan fingerprint density at radius 3 is 2.61 bits per heavy atom. The van der Waals surface area contributed by atoms with Crippen molar-refractivity contribution < 1.29 is 14.0 Å². The van der Waals surface area contributed by atoms with Crippen LogP contribution in [0.1, 0.15) is 30.3 Å². The van der Waals surface area contributed by atoms with Crippen molar-refractivity contribution in [2.45, 2.75) is 19.8 Å². The number of carbonyl (C=O) groups is 2. The van der Waals surface area contributed by atoms with Crippen LogP contribution in [-0.4, -0.2) is 47.8 Å². The SMILES string of the molecule is CCC(=O)N1CCCN(C(=O)c2ccco2)CC1. The zero-order valence-electron chi connectivity index (χ0n) is 10.6. The summed E-state index contributed by atoms with van der Waals surface area (Å²) in [7, 11) is 0. The van der Waals surface area contributed by atoms with E-state index in [0.717, 1.165) is 13.0 Å². The molecule has 5 nitrogen and oxygen atoms in total. The third-order valence-corrected chi connectivity index (χ3v) is 3.17. The molecule has 0 atom stereocenters. The molecule has 0 bridgehead atoms. The fourth-order valence-electron chi connectivity index (χ4n) is 2.15. The summed E-state index contributed by atoms with van der Waals surface area (Å²) in [6.07, 6.45) is 2.84. The minimum Gasteiger partial charge on any atom is -0.459 e. The van der Waals surface area contributed by atoms with Gasteiger partial charge in [-0.3, -0.25) is 9.59 Å². The van der Waals surface area contributed by atoms with E-state index in [2.05, 4.69) is 0 Å². The molecule has 1 saturated heterocycles. The summed E-state index contributed by atoms with van der Waals surface area (Å²) in [5.74, 6) is 0.429. The lowest BCUT2D eigenvalue weighted by Crippen LogP contribution is -2.37. The second-order valence-corrected chi connectivity index (χ2v) is 4.36. The van der Waals surface area contributed by atoms with Crippen molar-refractivity contribution in [1.29, 1.82) is 0 Å². The van der Waals surface area contributed by atoms with Gasteiger partial charge in [-0.25, -0.2) is 0 Å². The molecule has 2 amide bonds. The van der Waals surface area contributed by atoms with Crippen LogP contribution in [0.2, 0.25) is 0 Å². The van der Waals surface area contributed by atoms with Crippen molar-refractivity contribution >= 4 is 11.8 Å². The van der Waals surface area contributed by atoms with Crippen molar-refractivity contribution in [1.82, 2.24) is 9.80 Å². The predicted molar refractivity (Wildman–Crippen MR) is 66.1 cm³/mol. The van der Waals surface area contributed by atoms with Gasteiger partial charge in [0.25, 0.3) is 5.91 Å². The zero-order valence-corrected chi connectivity index (χ0v) is 10.6. The van der Waals surface area contributed by atoms with Gasteiger partial charge in [0.1, 0.15) is 0 Å². The highest BCUT2D eigenvalue weighted by atomic mass is 16.3. The van der Waals surface area contributed by atoms with E-state index >= 15 is 0 Å². The number of rotatable bonds is 2. The molecule has 2 heterocycles. The highest BCUT2D eigenvalue weighted by Crippen LogP contribution is 2.10. The van der Waals surface area contributed by atoms with Gasteiger partial charge in [0.05, 0.1) is 6.26 Å². The van der Waals surface area contributed by atoms with Crippen LogP contribution in [0, 0.1) is 0 Å². The van der Waals surface area contributed by atoms with E-state index in [-0.39, 0.29) is 11.8 Å². The number of carbonyl (C=O) groups excluding carboxylic acids is 2. The summed E-state index contributed by atoms with van der Waals surface area (Å²) in [5.41, 5.74) is 0. The molecular weight excluding hydrogens is 232 g/mol. The molecule has 0 N–H and O–H groups in total. The normalized spacial score (nSPS) is 16.5. The molecule has 98 valence electrons. The number of hydrogen-bond acceptors (Lipinski definition) is 3. The van der Waals surface area contributed by atoms with Gasteiger partial charge in [0.15, 0.2) is 5.76 Å². The first kappa shape index (κ1) is 12.7. The third kappa shape index (κ3) is 2.72. The number of nitrogens with zero attached hydrogens (tertiary/aromatic N) is 2. The Hall–Kier alpha value is -1.78. The van der Waals surface area contributed by atoms with Crippen molar-refractivity contribution in [2.24, 2.45) is 0 Å². The molecule has 0 spiro atoms. The maximum absolute atomic E-state index is 12.1. The fourth-order valence-corrected chi connectivity index (χ4v) is 2.15. The minimum atomic E-state index is -0.0919. The first-order chi connectivity index (χ1) is 8.72. The molecular formula is C13H18N2O3. The molecule has 0 radical (unpaired) electrons. The molecule has 1 aromatic heterocycles. The van der Waals surface area contributed by atoms with Gasteiger partial charge in [-0.15, -0.1) is 0 Å². The molecule has 0 saturated carbocycles. The first-order valence-corrected chi connectivity index (χ1v) is 6.33. The quantitative estimate of drug-likeness (QED) is 0.796. The topological polar surface area (TPSA) is 53.8 Å². The van der Waals surface area contributed by atoms with E-state index in [1.165, 1.54) is 6.26 Å². The molecule has 2 rings (SSSR count). The lowest BCUT2D eigenvalue weighted by molar-refractivity contribution is -0.130. The monoisotopic (exact) mass is 250 g/mol. The summed E-state index contributed by atoms with van der Waals surface area (Å²) in [5, 5.41) is 0. The first-order valence-electron chi connectivity index (χ1n) is 6.33. The van der Waals surface area contributed by atoms with Crippen LogP contribution in [0.25, 0.3) is 0 Å². The Balaban J connectivity index is 1.97. The predicted octanol–water partition coefficient (Wildman–Crippen LogP) is 1.36. The highest BCUT2D eigenvalue weighted by molar-refractivity contribution is 5.91. The summed E-state index contributed by atoms with van der Waals surface area (Å²) in [4.78, 5) is 27.3. The summed E-state index contributed by atoms with van der Waals surface area (Å²) in [6, 6.07) is 3.38. The lowest BCUT2D eigenvalue weighted by atomic mass is 10.3. The third-order valence-electron chi connectivity index (χ3n) is 3.17. The maximum Gasteiger partial charge on any atom is 0.289 e. The number of hydrogen-bond donors (Lipinski definition) is 0. The van der Waals surface area contributed by atoms with Crippen LogP contribution in [0.5, 0.6) is 0 Å². The molecule has 0 aromatic carbocycles. The molecule has 1 aliphatic rings. The van der Waals surface area contributed by atoms with Crippen molar-refractivity contribution in [2.75, 3.05) is 26.2 Å². The average molecular weight is 250 g/mol. The van der Waals surface area contributed by atoms with E-state index < -0.39 is 0 Å². The van der Waals surface area contributed by atoms with Gasteiger partial charge < -0.3 is 14.2 Å². The molecule has 0 unspecified atom stereocenters. The van der Waals surface area contributed by atoms with E-state index in [1.54, 1.807) is 17.0 Å². The van der Waals surface area contributed by atoms with E-state index in [9.17, 15) is 9.59 Å². The molecule has 1 aliphatic heterocycles. The van der Waals surface area contributed by atoms with Crippen LogP contribution in [0.4, 0.5) is 0 Å². The summed E-state index contributed by atoms with van der Waals surface area (Å²) < 4.78 is 5.11. The Bertz CT molecular complexity index is 414. The second-order valence-electron chi connectivity index (χ2n) is 4.36. The van der Waals surface area contributed by atoms with Gasteiger partial charge in [-0.1, -0.05) is 6.92 Å². The largest absolute Gasteiger partial charge is 0.459 e. The lowest BCUT2D eigenvalue weighted by Gasteiger charge is -2.21. The van der Waals surface area contributed by atoms with Gasteiger partial charge in [-0.05, 0) is 18.6 Å². The molecule has 18 heavy (non-hydrogen) atoms. The van der Waals surface area contributed by atoms with E-state index in [0.29, 0.717) is 31.8 Å². The molecule has 5 heteroatoms. The zero-order chi connectivity index (χ0) is 13.0. The van der Waals surface area contributed by atoms with Crippen LogP contribution < -0.4 is 0 Å². The number of amides is 2. The molecule has 0 aliphatic carbocycles. The number of furan rings is 1. The second kappa shape index (κ2) is 5.71. The Labute approximate surface area is 106 Å². The average Bonchev–Trinajstić information content (AvgIpc) is 2.81. The van der Waals surface area contributed by atoms with Crippen molar-refractivity contribution in [3.05, 3.63) is 24.2 Å². The van der Waals surface area contributed by atoms with Gasteiger partial charge >= 0.3 is 0 Å². The molecule has 1 aromatic rings. The minimum absolute atomic E-state index is 0.0919. The Morgan fingerprint density at radius 1 is 1.22 bits per heavy atom. The fraction of sp³-hybridized carbons (Fsp3) is 0.538. The van der Waals surface area contributed by atoms with Crippen LogP contribution in [0.15, 0.2) is 22.8 Å². The van der Waals surface area contributed by atoms with Crippen molar-refractivity contribution in [3.63, 3.8) is 0 Å². The van der Waals surface area contributed by atoms with Crippen LogP contribution >= 0.6 is 0 Å². The van der Waals surface area contributed by atoms with Crippen LogP contribution in [0.3, 0.4) is 0 Å². The van der Waals surface area contributed by atoms with Gasteiger partial charge in [0, 0.05) is 32.6 Å². The summed E-state index contributed by atoms with van der Waals surface area (Å²) in [6.45, 7) is 4.45. The molecule has 1 fully saturated rings. The van der Waals surface area contributed by atoms with E-state index in [1.807, 2.05) is 11.8 Å². The smallest absolute Gasteiger partial charge is 0.289 e. The Kier molecular flexibility index (Phi) is 4.02. The summed E-state index contributed by atoms with van der Waals surface area (Å²) >= 11 is 0. The van der Waals surface area contributed by atoms with Gasteiger partial charge in [0.2, 0.25) is 5.91 Å². The highest BCUT2D eigenvalue weighted by Gasteiger charge is 2.23. The Morgan fingerprint density at radius 2 is 1.94 bits per heavy atom. The van der Waals surface area contributed by atoms with Crippen LogP contribution in [-0.2, 0) is 4.79 Å². The standard InChI is InChI=1S/C13H18N2O3/c1-2-12(16)14-6-4-7-15(9-8-14)13(17)11-5-3-10-18-11/h3,5,10H,2,4,6-9H2,1H3.